The lowest BCUT2D eigenvalue weighted by molar-refractivity contribution is -0.141. The molecule has 1 aliphatic heterocycles. The summed E-state index contributed by atoms with van der Waals surface area (Å²) in [6.07, 6.45) is -5.14. The number of carbonyl (C=O) groups is 1. The molecule has 1 atom stereocenters. The molecular weight excluding hydrogens is 523 g/mol. The van der Waals surface area contributed by atoms with Crippen molar-refractivity contribution < 1.29 is 44.6 Å². The summed E-state index contributed by atoms with van der Waals surface area (Å²) in [6, 6.07) is 9.43. The number of fused-ring (bicyclic) bond motifs is 1. The Balaban J connectivity index is 1.92. The van der Waals surface area contributed by atoms with Crippen LogP contribution in [0.15, 0.2) is 53.4 Å². The number of nitrogens with one attached hydrogen (secondary N) is 1. The van der Waals surface area contributed by atoms with Gasteiger partial charge >= 0.3 is 6.18 Å². The van der Waals surface area contributed by atoms with Crippen LogP contribution < -0.4 is 19.9 Å². The van der Waals surface area contributed by atoms with Crippen molar-refractivity contribution in [3.63, 3.8) is 0 Å². The van der Waals surface area contributed by atoms with E-state index in [0.29, 0.717) is 0 Å². The number of ether oxygens (including phenoxy) is 2. The van der Waals surface area contributed by atoms with Crippen LogP contribution in [0.4, 0.5) is 27.6 Å². The number of carbonyl (C=O) groups excluding carboxylic acids is 1. The maximum Gasteiger partial charge on any atom is 0.422 e. The van der Waals surface area contributed by atoms with E-state index in [-0.39, 0.29) is 40.5 Å². The van der Waals surface area contributed by atoms with Gasteiger partial charge in [-0.3, -0.25) is 4.79 Å². The number of amides is 1. The molecular formula is C24H19F5N2O5S. The highest BCUT2D eigenvalue weighted by atomic mass is 32.2. The van der Waals surface area contributed by atoms with Crippen LogP contribution in [0.1, 0.15) is 39.4 Å². The highest BCUT2D eigenvalue weighted by Gasteiger charge is 2.42. The van der Waals surface area contributed by atoms with Gasteiger partial charge in [-0.15, -0.1) is 0 Å². The maximum absolute atomic E-state index is 15.6. The second kappa shape index (κ2) is 9.63. The number of anilines is 1. The van der Waals surface area contributed by atoms with Crippen molar-refractivity contribution in [2.75, 3.05) is 19.0 Å². The van der Waals surface area contributed by atoms with Crippen LogP contribution >= 0.6 is 0 Å². The average molecular weight is 542 g/mol. The molecule has 3 aromatic rings. The molecule has 3 aromatic carbocycles. The third kappa shape index (κ3) is 5.09. The van der Waals surface area contributed by atoms with Crippen LogP contribution in [0.2, 0.25) is 0 Å². The summed E-state index contributed by atoms with van der Waals surface area (Å²) >= 11 is 0. The first-order valence-electron chi connectivity index (χ1n) is 10.7. The molecule has 196 valence electrons. The molecule has 0 aliphatic carbocycles. The van der Waals surface area contributed by atoms with E-state index >= 15 is 4.39 Å². The lowest BCUT2D eigenvalue weighted by Crippen LogP contribution is -2.24. The molecule has 0 radical (unpaired) electrons. The number of hydrogen-bond donors (Lipinski definition) is 2. The summed E-state index contributed by atoms with van der Waals surface area (Å²) < 4.78 is 105. The van der Waals surface area contributed by atoms with Crippen molar-refractivity contribution in [2.24, 2.45) is 5.14 Å². The first-order valence-corrected chi connectivity index (χ1v) is 12.2. The predicted molar refractivity (Wildman–Crippen MR) is 122 cm³/mol. The minimum atomic E-state index is -5.23. The average Bonchev–Trinajstić information content (AvgIpc) is 2.82. The number of benzene rings is 3. The van der Waals surface area contributed by atoms with Gasteiger partial charge in [-0.1, -0.05) is 18.2 Å². The molecule has 0 fully saturated rings. The largest absolute Gasteiger partial charge is 0.496 e. The van der Waals surface area contributed by atoms with Crippen LogP contribution in [0.5, 0.6) is 11.5 Å². The number of primary sulfonamides is 1. The van der Waals surface area contributed by atoms with E-state index in [1.165, 1.54) is 24.3 Å². The summed E-state index contributed by atoms with van der Waals surface area (Å²) in [4.78, 5) is 12.9. The Morgan fingerprint density at radius 2 is 1.81 bits per heavy atom. The monoisotopic (exact) mass is 542 g/mol. The van der Waals surface area contributed by atoms with Crippen molar-refractivity contribution in [1.29, 1.82) is 0 Å². The van der Waals surface area contributed by atoms with E-state index in [4.69, 9.17) is 14.6 Å². The van der Waals surface area contributed by atoms with E-state index in [9.17, 15) is 30.8 Å². The third-order valence-corrected chi connectivity index (χ3v) is 6.72. The second-order valence-electron chi connectivity index (χ2n) is 8.10. The van der Waals surface area contributed by atoms with Crippen LogP contribution in [0.3, 0.4) is 0 Å². The minimum Gasteiger partial charge on any atom is -0.496 e. The number of methoxy groups -OCH3 is 1. The van der Waals surface area contributed by atoms with Crippen molar-refractivity contribution in [2.45, 2.75) is 23.4 Å². The Morgan fingerprint density at radius 1 is 1.11 bits per heavy atom. The van der Waals surface area contributed by atoms with Gasteiger partial charge in [0.1, 0.15) is 11.3 Å². The number of para-hydroxylation sites is 1. The van der Waals surface area contributed by atoms with E-state index in [1.807, 2.05) is 0 Å². The lowest BCUT2D eigenvalue weighted by Gasteiger charge is -2.29. The van der Waals surface area contributed by atoms with Gasteiger partial charge in [0.15, 0.2) is 17.4 Å². The number of sulfonamides is 1. The molecule has 4 rings (SSSR count). The lowest BCUT2D eigenvalue weighted by atomic mass is 9.82. The highest BCUT2D eigenvalue weighted by Crippen LogP contribution is 2.46. The number of nitrogens with two attached hydrogens (primary N) is 1. The van der Waals surface area contributed by atoms with Crippen LogP contribution in [0, 0.1) is 11.6 Å². The fraction of sp³-hybridized carbons (Fsp3) is 0.208. The van der Waals surface area contributed by atoms with Gasteiger partial charge in [0.25, 0.3) is 5.91 Å². The summed E-state index contributed by atoms with van der Waals surface area (Å²) in [5.41, 5.74) is -2.91. The van der Waals surface area contributed by atoms with Crippen molar-refractivity contribution >= 4 is 21.6 Å². The molecule has 0 bridgehead atoms. The first-order chi connectivity index (χ1) is 17.3. The van der Waals surface area contributed by atoms with Crippen LogP contribution in [-0.2, 0) is 16.2 Å². The summed E-state index contributed by atoms with van der Waals surface area (Å²) in [5.74, 6) is -5.88. The number of alkyl halides is 3. The molecule has 0 saturated carbocycles. The Bertz CT molecular complexity index is 1490. The SMILES string of the molecule is COc1cc(C2CCOc3c(F)cccc32)c(C(=O)Nc2cccc(S(N)(=O)=O)c2)c(F)c1C(F)(F)F. The van der Waals surface area contributed by atoms with Gasteiger partial charge < -0.3 is 14.8 Å². The Kier molecular flexibility index (Phi) is 6.86. The van der Waals surface area contributed by atoms with Gasteiger partial charge in [-0.05, 0) is 42.3 Å². The molecule has 37 heavy (non-hydrogen) atoms. The maximum atomic E-state index is 15.6. The summed E-state index contributed by atoms with van der Waals surface area (Å²) in [6.45, 7) is -0.0545. The molecule has 1 amide bonds. The highest BCUT2D eigenvalue weighted by molar-refractivity contribution is 7.89. The van der Waals surface area contributed by atoms with Gasteiger partial charge in [-0.25, -0.2) is 22.3 Å². The fourth-order valence-electron chi connectivity index (χ4n) is 4.23. The van der Waals surface area contributed by atoms with E-state index in [2.05, 4.69) is 5.32 Å². The molecule has 0 spiro atoms. The zero-order valence-corrected chi connectivity index (χ0v) is 19.8. The predicted octanol–water partition coefficient (Wildman–Crippen LogP) is 4.81. The van der Waals surface area contributed by atoms with E-state index in [1.54, 1.807) is 0 Å². The minimum absolute atomic E-state index is 0.0545. The Morgan fingerprint density at radius 3 is 2.46 bits per heavy atom. The number of rotatable bonds is 5. The number of halogens is 5. The second-order valence-corrected chi connectivity index (χ2v) is 9.67. The van der Waals surface area contributed by atoms with Gasteiger partial charge in [0.2, 0.25) is 10.0 Å². The van der Waals surface area contributed by atoms with Crippen LogP contribution in [0.25, 0.3) is 0 Å². The van der Waals surface area contributed by atoms with Gasteiger partial charge in [-0.2, -0.15) is 13.2 Å². The molecule has 7 nitrogen and oxygen atoms in total. The fourth-order valence-corrected chi connectivity index (χ4v) is 4.79. The smallest absolute Gasteiger partial charge is 0.422 e. The first kappa shape index (κ1) is 26.4. The Labute approximate surface area is 208 Å². The summed E-state index contributed by atoms with van der Waals surface area (Å²) in [5, 5.41) is 7.32. The van der Waals surface area contributed by atoms with Gasteiger partial charge in [0.05, 0.1) is 24.2 Å². The van der Waals surface area contributed by atoms with Crippen molar-refractivity contribution in [3.05, 3.63) is 82.4 Å². The molecule has 1 heterocycles. The number of hydrogen-bond acceptors (Lipinski definition) is 5. The normalized spacial score (nSPS) is 15.5. The third-order valence-electron chi connectivity index (χ3n) is 5.81. The van der Waals surface area contributed by atoms with Crippen molar-refractivity contribution in [3.8, 4) is 11.5 Å². The zero-order valence-electron chi connectivity index (χ0n) is 19.0. The zero-order chi connectivity index (χ0) is 27.1. The quantitative estimate of drug-likeness (QED) is 0.450. The van der Waals surface area contributed by atoms with Crippen molar-refractivity contribution in [1.82, 2.24) is 0 Å². The topological polar surface area (TPSA) is 108 Å². The molecule has 1 aliphatic rings. The van der Waals surface area contributed by atoms with E-state index in [0.717, 1.165) is 31.4 Å². The molecule has 3 N–H and O–H groups in total. The van der Waals surface area contributed by atoms with Gasteiger partial charge in [0, 0.05) is 17.2 Å². The van der Waals surface area contributed by atoms with Crippen LogP contribution in [-0.4, -0.2) is 28.0 Å². The Hall–Kier alpha value is -3.71. The van der Waals surface area contributed by atoms with E-state index < -0.39 is 56.5 Å². The molecule has 0 saturated heterocycles. The molecule has 13 heteroatoms. The standard InChI is InChI=1S/C24H19F5N2O5S/c1-35-18-11-16(14-8-9-36-22-15(14)6-3-7-17(22)25)19(21(26)20(18)24(27,28)29)23(32)31-12-4-2-5-13(10-12)37(30,33)34/h2-7,10-11,14H,8-9H2,1H3,(H,31,32)(H2,30,33,34). The molecule has 0 aromatic heterocycles. The summed E-state index contributed by atoms with van der Waals surface area (Å²) in [7, 11) is -3.25. The molecule has 1 unspecified atom stereocenters.